The monoisotopic (exact) mass is 124 g/mol. The van der Waals surface area contributed by atoms with Crippen LogP contribution in [-0.4, -0.2) is 12.9 Å². The van der Waals surface area contributed by atoms with Crippen molar-refractivity contribution in [2.75, 3.05) is 7.05 Å². The third-order valence-corrected chi connectivity index (χ3v) is 0.923. The number of nitrogens with zero attached hydrogens (tertiary/aromatic N) is 1. The molecule has 0 atom stereocenters. The third-order valence-electron chi connectivity index (χ3n) is 0.923. The van der Waals surface area contributed by atoms with Crippen LogP contribution in [0, 0.1) is 0 Å². The van der Waals surface area contributed by atoms with E-state index in [4.69, 9.17) is 0 Å². The average molecular weight is 124 g/mol. The lowest BCUT2D eigenvalue weighted by atomic mass is 10.4. The fraction of sp³-hybridized carbons (Fsp3) is 0.286. The number of hydrogen-bond acceptors (Lipinski definition) is 1. The lowest BCUT2D eigenvalue weighted by molar-refractivity contribution is 1.15. The summed E-state index contributed by atoms with van der Waals surface area (Å²) in [5.41, 5.74) is 0.776. The topological polar surface area (TPSA) is 24.4 Å². The van der Waals surface area contributed by atoms with Gasteiger partial charge in [0.05, 0.1) is 5.84 Å². The highest BCUT2D eigenvalue weighted by molar-refractivity contribution is 5.81. The second-order valence-electron chi connectivity index (χ2n) is 1.66. The van der Waals surface area contributed by atoms with E-state index < -0.39 is 0 Å². The summed E-state index contributed by atoms with van der Waals surface area (Å²) in [6.45, 7) is 9.05. The summed E-state index contributed by atoms with van der Waals surface area (Å²) in [5.74, 6) is 0.847. The molecule has 0 aromatic carbocycles. The molecule has 0 amide bonds. The number of nitrogens with one attached hydrogen (secondary N) is 1. The molecule has 0 fully saturated rings. The van der Waals surface area contributed by atoms with Gasteiger partial charge in [0.1, 0.15) is 0 Å². The minimum Gasteiger partial charge on any atom is -0.345 e. The second-order valence-corrected chi connectivity index (χ2v) is 1.66. The van der Waals surface area contributed by atoms with Gasteiger partial charge in [0.15, 0.2) is 0 Å². The zero-order valence-corrected chi connectivity index (χ0v) is 5.94. The Balaban J connectivity index is 3.74. The Morgan fingerprint density at radius 1 is 1.67 bits per heavy atom. The van der Waals surface area contributed by atoms with Crippen molar-refractivity contribution in [1.82, 2.24) is 5.32 Å². The second kappa shape index (κ2) is 3.89. The van der Waals surface area contributed by atoms with Crippen LogP contribution in [0.2, 0.25) is 0 Å². The number of amidine groups is 1. The van der Waals surface area contributed by atoms with Crippen molar-refractivity contribution in [2.45, 2.75) is 6.92 Å². The van der Waals surface area contributed by atoms with Gasteiger partial charge in [0.25, 0.3) is 0 Å². The first-order valence-electron chi connectivity index (χ1n) is 2.72. The molecule has 0 heterocycles. The summed E-state index contributed by atoms with van der Waals surface area (Å²) in [6, 6.07) is 0. The minimum absolute atomic E-state index is 0.776. The van der Waals surface area contributed by atoms with Crippen LogP contribution in [0.25, 0.3) is 0 Å². The Bertz CT molecular complexity index is 145. The van der Waals surface area contributed by atoms with Gasteiger partial charge in [-0.25, -0.2) is 0 Å². The molecule has 0 saturated carbocycles. The molecule has 0 rings (SSSR count). The first kappa shape index (κ1) is 7.95. The molecule has 0 radical (unpaired) electrons. The molecule has 1 N–H and O–H groups in total. The van der Waals surface area contributed by atoms with Gasteiger partial charge in [0, 0.05) is 12.7 Å². The predicted molar refractivity (Wildman–Crippen MR) is 41.5 cm³/mol. The standard InChI is InChI=1S/C7H12N2/c1-5-6(2)9-7(3)8-4/h5H,1-2H2,3-4H3,(H,8,9). The molecule has 2 heteroatoms. The summed E-state index contributed by atoms with van der Waals surface area (Å²) < 4.78 is 0. The quantitative estimate of drug-likeness (QED) is 0.335. The van der Waals surface area contributed by atoms with Crippen molar-refractivity contribution in [2.24, 2.45) is 4.99 Å². The van der Waals surface area contributed by atoms with Gasteiger partial charge in [-0.2, -0.15) is 0 Å². The average Bonchev–Trinajstić information content (AvgIpc) is 1.87. The molecule has 0 saturated heterocycles. The summed E-state index contributed by atoms with van der Waals surface area (Å²) in [5, 5.41) is 2.92. The molecule has 0 bridgehead atoms. The Kier molecular flexibility index (Phi) is 3.44. The van der Waals surface area contributed by atoms with E-state index in [1.54, 1.807) is 13.1 Å². The van der Waals surface area contributed by atoms with E-state index in [2.05, 4.69) is 23.5 Å². The highest BCUT2D eigenvalue weighted by Gasteiger charge is 1.85. The van der Waals surface area contributed by atoms with E-state index in [1.165, 1.54) is 0 Å². The molecule has 0 aliphatic carbocycles. The van der Waals surface area contributed by atoms with E-state index in [0.29, 0.717) is 0 Å². The summed E-state index contributed by atoms with van der Waals surface area (Å²) in [4.78, 5) is 3.87. The molecule has 50 valence electrons. The molecule has 0 aromatic rings. The van der Waals surface area contributed by atoms with Gasteiger partial charge in [0.2, 0.25) is 0 Å². The minimum atomic E-state index is 0.776. The summed E-state index contributed by atoms with van der Waals surface area (Å²) >= 11 is 0. The predicted octanol–water partition coefficient (Wildman–Crippen LogP) is 1.32. The smallest absolute Gasteiger partial charge is 0.0971 e. The maximum Gasteiger partial charge on any atom is 0.0971 e. The van der Waals surface area contributed by atoms with Gasteiger partial charge in [-0.15, -0.1) is 0 Å². The largest absolute Gasteiger partial charge is 0.345 e. The van der Waals surface area contributed by atoms with E-state index in [9.17, 15) is 0 Å². The van der Waals surface area contributed by atoms with Crippen molar-refractivity contribution < 1.29 is 0 Å². The van der Waals surface area contributed by atoms with E-state index in [0.717, 1.165) is 11.5 Å². The fourth-order valence-electron chi connectivity index (χ4n) is 0.339. The lowest BCUT2D eigenvalue weighted by Gasteiger charge is -2.01. The molecule has 9 heavy (non-hydrogen) atoms. The normalized spacial score (nSPS) is 10.7. The molecule has 0 aliphatic rings. The Morgan fingerprint density at radius 3 is 2.56 bits per heavy atom. The van der Waals surface area contributed by atoms with Gasteiger partial charge in [-0.05, 0) is 13.0 Å². The van der Waals surface area contributed by atoms with Crippen LogP contribution < -0.4 is 5.32 Å². The Hall–Kier alpha value is -1.05. The van der Waals surface area contributed by atoms with Crippen LogP contribution in [0.3, 0.4) is 0 Å². The number of hydrogen-bond donors (Lipinski definition) is 1. The van der Waals surface area contributed by atoms with Crippen LogP contribution in [0.5, 0.6) is 0 Å². The summed E-state index contributed by atoms with van der Waals surface area (Å²) in [6.07, 6.45) is 1.65. The van der Waals surface area contributed by atoms with Crippen LogP contribution in [0.1, 0.15) is 6.92 Å². The Morgan fingerprint density at radius 2 is 2.22 bits per heavy atom. The highest BCUT2D eigenvalue weighted by Crippen LogP contribution is 1.82. The van der Waals surface area contributed by atoms with Crippen LogP contribution in [0.4, 0.5) is 0 Å². The third kappa shape index (κ3) is 3.53. The first-order chi connectivity index (χ1) is 4.20. The van der Waals surface area contributed by atoms with Crippen molar-refractivity contribution in [3.8, 4) is 0 Å². The number of rotatable bonds is 2. The van der Waals surface area contributed by atoms with Crippen molar-refractivity contribution in [1.29, 1.82) is 0 Å². The molecule has 0 aliphatic heterocycles. The molecule has 0 aromatic heterocycles. The SMILES string of the molecule is C=CC(=C)NC(C)=NC. The van der Waals surface area contributed by atoms with Crippen LogP contribution in [0.15, 0.2) is 29.9 Å². The molecular formula is C7H12N2. The maximum atomic E-state index is 3.87. The number of allylic oxidation sites excluding steroid dienone is 1. The zero-order chi connectivity index (χ0) is 7.28. The molecule has 0 unspecified atom stereocenters. The van der Waals surface area contributed by atoms with E-state index in [1.807, 2.05) is 6.92 Å². The Labute approximate surface area is 56.0 Å². The van der Waals surface area contributed by atoms with Gasteiger partial charge >= 0.3 is 0 Å². The molecule has 2 nitrogen and oxygen atoms in total. The highest BCUT2D eigenvalue weighted by atomic mass is 15.0. The molecular weight excluding hydrogens is 112 g/mol. The van der Waals surface area contributed by atoms with Crippen molar-refractivity contribution in [3.63, 3.8) is 0 Å². The van der Waals surface area contributed by atoms with E-state index >= 15 is 0 Å². The number of aliphatic imine (C=N–C) groups is 1. The first-order valence-corrected chi connectivity index (χ1v) is 2.72. The molecule has 0 spiro atoms. The fourth-order valence-corrected chi connectivity index (χ4v) is 0.339. The van der Waals surface area contributed by atoms with Crippen LogP contribution in [-0.2, 0) is 0 Å². The lowest BCUT2D eigenvalue weighted by Crippen LogP contribution is -2.17. The van der Waals surface area contributed by atoms with Gasteiger partial charge in [-0.3, -0.25) is 4.99 Å². The van der Waals surface area contributed by atoms with E-state index in [-0.39, 0.29) is 0 Å². The van der Waals surface area contributed by atoms with Gasteiger partial charge in [-0.1, -0.05) is 13.2 Å². The zero-order valence-electron chi connectivity index (χ0n) is 5.94. The summed E-state index contributed by atoms with van der Waals surface area (Å²) in [7, 11) is 1.72. The van der Waals surface area contributed by atoms with Gasteiger partial charge < -0.3 is 5.32 Å². The van der Waals surface area contributed by atoms with Crippen molar-refractivity contribution in [3.05, 3.63) is 24.9 Å². The van der Waals surface area contributed by atoms with Crippen molar-refractivity contribution >= 4 is 5.84 Å². The maximum absolute atomic E-state index is 3.87. The van der Waals surface area contributed by atoms with Crippen LogP contribution >= 0.6 is 0 Å².